The van der Waals surface area contributed by atoms with Crippen molar-refractivity contribution < 1.29 is 4.79 Å². The number of pyridine rings is 1. The van der Waals surface area contributed by atoms with Crippen molar-refractivity contribution in [1.29, 1.82) is 0 Å². The maximum atomic E-state index is 11.7. The van der Waals surface area contributed by atoms with Gasteiger partial charge in [-0.15, -0.1) is 0 Å². The van der Waals surface area contributed by atoms with Crippen molar-refractivity contribution >= 4 is 23.2 Å². The van der Waals surface area contributed by atoms with Crippen molar-refractivity contribution in [3.63, 3.8) is 0 Å². The van der Waals surface area contributed by atoms with Gasteiger partial charge in [0, 0.05) is 11.7 Å². The minimum Gasteiger partial charge on any atom is -0.340 e. The Kier molecular flexibility index (Phi) is 5.21. The van der Waals surface area contributed by atoms with E-state index in [-0.39, 0.29) is 12.1 Å². The molecule has 1 aromatic heterocycles. The molecule has 5 heteroatoms. The number of carbonyl (C=O) groups is 1. The van der Waals surface area contributed by atoms with Gasteiger partial charge >= 0.3 is 6.03 Å². The fraction of sp³-hybridized carbons (Fsp3) is 0.333. The molecule has 122 valence electrons. The lowest BCUT2D eigenvalue weighted by molar-refractivity contribution is 0.250. The molecule has 3 N–H and O–H groups in total. The lowest BCUT2D eigenvalue weighted by Crippen LogP contribution is -2.34. The van der Waals surface area contributed by atoms with Gasteiger partial charge in [0.2, 0.25) is 0 Å². The first-order chi connectivity index (χ1) is 10.8. The Morgan fingerprint density at radius 2 is 1.74 bits per heavy atom. The molecule has 0 radical (unpaired) electrons. The van der Waals surface area contributed by atoms with Crippen LogP contribution in [0, 0.1) is 20.8 Å². The van der Waals surface area contributed by atoms with Gasteiger partial charge < -0.3 is 16.0 Å². The van der Waals surface area contributed by atoms with E-state index in [9.17, 15) is 4.79 Å². The topological polar surface area (TPSA) is 66.0 Å². The number of nitrogens with one attached hydrogen (secondary N) is 3. The van der Waals surface area contributed by atoms with Gasteiger partial charge in [0.1, 0.15) is 5.82 Å². The van der Waals surface area contributed by atoms with E-state index in [4.69, 9.17) is 0 Å². The fourth-order valence-corrected chi connectivity index (χ4v) is 2.48. The summed E-state index contributed by atoms with van der Waals surface area (Å²) in [6, 6.07) is 7.82. The molecule has 5 nitrogen and oxygen atoms in total. The molecule has 0 aliphatic heterocycles. The van der Waals surface area contributed by atoms with Crippen molar-refractivity contribution in [2.24, 2.45) is 0 Å². The molecule has 1 heterocycles. The molecule has 0 bridgehead atoms. The molecule has 2 aromatic rings. The number of anilines is 3. The van der Waals surface area contributed by atoms with Crippen LogP contribution in [-0.2, 0) is 0 Å². The number of hydrogen-bond acceptors (Lipinski definition) is 3. The van der Waals surface area contributed by atoms with E-state index in [1.54, 1.807) is 6.20 Å². The van der Waals surface area contributed by atoms with Crippen LogP contribution in [0.4, 0.5) is 22.0 Å². The van der Waals surface area contributed by atoms with Gasteiger partial charge in [-0.25, -0.2) is 9.78 Å². The number of nitrogens with zero attached hydrogens (tertiary/aromatic N) is 1. The molecular formula is C18H24N4O. The van der Waals surface area contributed by atoms with Crippen molar-refractivity contribution in [2.75, 3.05) is 10.6 Å². The monoisotopic (exact) mass is 312 g/mol. The summed E-state index contributed by atoms with van der Waals surface area (Å²) in [5.74, 6) is 0.745. The van der Waals surface area contributed by atoms with Crippen molar-refractivity contribution in [3.8, 4) is 0 Å². The van der Waals surface area contributed by atoms with E-state index in [1.165, 1.54) is 16.7 Å². The molecule has 0 aliphatic rings. The third-order valence-corrected chi connectivity index (χ3v) is 3.37. The second-order valence-corrected chi connectivity index (χ2v) is 6.08. The van der Waals surface area contributed by atoms with E-state index in [2.05, 4.69) is 53.8 Å². The predicted molar refractivity (Wildman–Crippen MR) is 95.5 cm³/mol. The van der Waals surface area contributed by atoms with E-state index in [0.29, 0.717) is 5.69 Å². The third-order valence-electron chi connectivity index (χ3n) is 3.37. The maximum Gasteiger partial charge on any atom is 0.319 e. The van der Waals surface area contributed by atoms with Gasteiger partial charge in [-0.1, -0.05) is 17.7 Å². The summed E-state index contributed by atoms with van der Waals surface area (Å²) >= 11 is 0. The minimum absolute atomic E-state index is 0.0939. The standard InChI is InChI=1S/C18H24N4O/c1-11(2)20-18(23)21-15-6-7-16(19-10-15)22-17-13(4)8-12(3)9-14(17)5/h6-11H,1-5H3,(H,19,22)(H2,20,21,23). The molecular weight excluding hydrogens is 288 g/mol. The lowest BCUT2D eigenvalue weighted by Gasteiger charge is -2.14. The summed E-state index contributed by atoms with van der Waals surface area (Å²) in [4.78, 5) is 16.0. The highest BCUT2D eigenvalue weighted by Gasteiger charge is 2.06. The first kappa shape index (κ1) is 16.8. The Labute approximate surface area is 137 Å². The number of hydrogen-bond donors (Lipinski definition) is 3. The lowest BCUT2D eigenvalue weighted by atomic mass is 10.1. The van der Waals surface area contributed by atoms with Gasteiger partial charge in [-0.2, -0.15) is 0 Å². The molecule has 23 heavy (non-hydrogen) atoms. The average Bonchev–Trinajstić information content (AvgIpc) is 2.43. The summed E-state index contributed by atoms with van der Waals surface area (Å²) in [5.41, 5.74) is 5.34. The molecule has 1 aromatic carbocycles. The summed E-state index contributed by atoms with van der Waals surface area (Å²) in [6.45, 7) is 10.1. The van der Waals surface area contributed by atoms with Crippen molar-refractivity contribution in [2.45, 2.75) is 40.7 Å². The largest absolute Gasteiger partial charge is 0.340 e. The number of rotatable bonds is 4. The Morgan fingerprint density at radius 1 is 1.09 bits per heavy atom. The predicted octanol–water partition coefficient (Wildman–Crippen LogP) is 4.28. The number of carbonyl (C=O) groups excluding carboxylic acids is 1. The highest BCUT2D eigenvalue weighted by atomic mass is 16.2. The first-order valence-electron chi connectivity index (χ1n) is 7.73. The zero-order valence-electron chi connectivity index (χ0n) is 14.3. The van der Waals surface area contributed by atoms with Crippen LogP contribution >= 0.6 is 0 Å². The smallest absolute Gasteiger partial charge is 0.319 e. The second-order valence-electron chi connectivity index (χ2n) is 6.08. The van der Waals surface area contributed by atoms with E-state index < -0.39 is 0 Å². The van der Waals surface area contributed by atoms with Crippen LogP contribution in [0.15, 0.2) is 30.5 Å². The van der Waals surface area contributed by atoms with Crippen LogP contribution < -0.4 is 16.0 Å². The molecule has 0 unspecified atom stereocenters. The minimum atomic E-state index is -0.229. The molecule has 2 amide bonds. The second kappa shape index (κ2) is 7.13. The summed E-state index contributed by atoms with van der Waals surface area (Å²) in [7, 11) is 0. The normalized spacial score (nSPS) is 10.5. The number of amides is 2. The van der Waals surface area contributed by atoms with E-state index >= 15 is 0 Å². The van der Waals surface area contributed by atoms with Gasteiger partial charge in [0.25, 0.3) is 0 Å². The molecule has 2 rings (SSSR count). The summed E-state index contributed by atoms with van der Waals surface area (Å²) < 4.78 is 0. The molecule has 0 saturated carbocycles. The van der Waals surface area contributed by atoms with Crippen LogP contribution in [0.5, 0.6) is 0 Å². The SMILES string of the molecule is Cc1cc(C)c(Nc2ccc(NC(=O)NC(C)C)cn2)c(C)c1. The number of urea groups is 1. The van der Waals surface area contributed by atoms with Gasteiger partial charge in [0.15, 0.2) is 0 Å². The zero-order valence-corrected chi connectivity index (χ0v) is 14.3. The first-order valence-corrected chi connectivity index (χ1v) is 7.73. The number of benzene rings is 1. The zero-order chi connectivity index (χ0) is 17.0. The van der Waals surface area contributed by atoms with Crippen LogP contribution in [0.2, 0.25) is 0 Å². The molecule has 0 saturated heterocycles. The highest BCUT2D eigenvalue weighted by molar-refractivity contribution is 5.89. The van der Waals surface area contributed by atoms with Crippen molar-refractivity contribution in [1.82, 2.24) is 10.3 Å². The molecule has 0 atom stereocenters. The van der Waals surface area contributed by atoms with Gasteiger partial charge in [-0.05, 0) is 57.9 Å². The van der Waals surface area contributed by atoms with Crippen LogP contribution in [0.3, 0.4) is 0 Å². The third kappa shape index (κ3) is 4.71. The van der Waals surface area contributed by atoms with Crippen molar-refractivity contribution in [3.05, 3.63) is 47.2 Å². The van der Waals surface area contributed by atoms with E-state index in [0.717, 1.165) is 11.5 Å². The Morgan fingerprint density at radius 3 is 2.26 bits per heavy atom. The van der Waals surface area contributed by atoms with Crippen LogP contribution in [0.25, 0.3) is 0 Å². The Hall–Kier alpha value is -2.56. The Bertz CT molecular complexity index is 670. The van der Waals surface area contributed by atoms with Crippen LogP contribution in [-0.4, -0.2) is 17.1 Å². The highest BCUT2D eigenvalue weighted by Crippen LogP contribution is 2.25. The number of aromatic nitrogens is 1. The number of aryl methyl sites for hydroxylation is 3. The van der Waals surface area contributed by atoms with Gasteiger partial charge in [0.05, 0.1) is 11.9 Å². The quantitative estimate of drug-likeness (QED) is 0.789. The average molecular weight is 312 g/mol. The molecule has 0 spiro atoms. The molecule has 0 fully saturated rings. The van der Waals surface area contributed by atoms with Gasteiger partial charge in [-0.3, -0.25) is 0 Å². The molecule has 0 aliphatic carbocycles. The summed E-state index contributed by atoms with van der Waals surface area (Å²) in [5, 5.41) is 8.87. The van der Waals surface area contributed by atoms with Crippen LogP contribution in [0.1, 0.15) is 30.5 Å². The summed E-state index contributed by atoms with van der Waals surface area (Å²) in [6.07, 6.45) is 1.64. The van der Waals surface area contributed by atoms with E-state index in [1.807, 2.05) is 26.0 Å². The Balaban J connectivity index is 2.07. The maximum absolute atomic E-state index is 11.7. The fourth-order valence-electron chi connectivity index (χ4n) is 2.48.